The Kier molecular flexibility index (Phi) is 9.54. The van der Waals surface area contributed by atoms with Crippen LogP contribution in [0.2, 0.25) is 10.1 Å². The second-order valence-electron chi connectivity index (χ2n) is 12.6. The lowest BCUT2D eigenvalue weighted by molar-refractivity contribution is 0.0692. The minimum atomic E-state index is -2.76. The van der Waals surface area contributed by atoms with Crippen molar-refractivity contribution >= 4 is 47.8 Å². The summed E-state index contributed by atoms with van der Waals surface area (Å²) >= 11 is 5.90. The normalized spacial score (nSPS) is 17.1. The molecule has 1 saturated carbocycles. The fourth-order valence-corrected chi connectivity index (χ4v) is 11.4. The third-order valence-corrected chi connectivity index (χ3v) is 14.1. The first kappa shape index (κ1) is 32.5. The van der Waals surface area contributed by atoms with Gasteiger partial charge in [0.2, 0.25) is 0 Å². The van der Waals surface area contributed by atoms with E-state index < -0.39 is 42.9 Å². The molecule has 8 heteroatoms. The van der Waals surface area contributed by atoms with E-state index in [2.05, 4.69) is 45.0 Å². The van der Waals surface area contributed by atoms with E-state index in [1.807, 2.05) is 36.4 Å². The summed E-state index contributed by atoms with van der Waals surface area (Å²) in [7, 11) is -2.76. The molecule has 1 N–H and O–H groups in total. The van der Waals surface area contributed by atoms with Gasteiger partial charge in [0.15, 0.2) is 11.6 Å². The Bertz CT molecular complexity index is 1650. The van der Waals surface area contributed by atoms with Gasteiger partial charge < -0.3 is 9.53 Å². The van der Waals surface area contributed by atoms with Crippen LogP contribution in [0.5, 0.6) is 0 Å². The Balaban J connectivity index is 1.38. The van der Waals surface area contributed by atoms with Crippen LogP contribution in [0.3, 0.4) is 0 Å². The Hall–Kier alpha value is -3.91. The number of aromatic carboxylic acids is 1. The molecule has 1 aliphatic rings. The average molecular weight is 643 g/mol. The lowest BCUT2D eigenvalue weighted by Gasteiger charge is -2.46. The highest BCUT2D eigenvalue weighted by atomic mass is 35.5. The van der Waals surface area contributed by atoms with Gasteiger partial charge in [-0.15, -0.1) is 0 Å². The molecule has 0 atom stereocenters. The molecule has 0 unspecified atom stereocenters. The maximum atomic E-state index is 15.4. The molecule has 0 aromatic heterocycles. The standard InChI is InChI=1S/C37H36ClFO5Si/c1-37(2,3)45(29-10-6-4-7-11-29,30-12-8-5-9-13-30)44-28-20-16-24(17-21-28)34(40)26-22-31(36(42)43)33(32(39)23-26)35(41)25-14-18-27(38)19-15-25/h4-15,18-19,22-24,28H,16-17,20-21H2,1-3H3,(H,42,43). The van der Waals surface area contributed by atoms with E-state index in [9.17, 15) is 19.5 Å². The Morgan fingerprint density at radius 3 is 1.82 bits per heavy atom. The van der Waals surface area contributed by atoms with Crippen molar-refractivity contribution in [3.8, 4) is 0 Å². The fourth-order valence-electron chi connectivity index (χ4n) is 6.51. The molecular weight excluding hydrogens is 607 g/mol. The van der Waals surface area contributed by atoms with Crippen LogP contribution in [0.1, 0.15) is 83.1 Å². The van der Waals surface area contributed by atoms with Crippen LogP contribution in [-0.2, 0) is 4.43 Å². The SMILES string of the molecule is CC(C)(C)[Si](OC1CCC(C(=O)c2cc(F)c(C(=O)c3ccc(Cl)cc3)c(C(=O)O)c2)CC1)(c1ccccc1)c1ccccc1. The number of carboxylic acid groups (broad SMARTS) is 1. The van der Waals surface area contributed by atoms with Crippen molar-refractivity contribution < 1.29 is 28.3 Å². The fraction of sp³-hybridized carbons (Fsp3) is 0.270. The Morgan fingerprint density at radius 1 is 0.800 bits per heavy atom. The highest BCUT2D eigenvalue weighted by Gasteiger charge is 2.51. The molecule has 0 amide bonds. The summed E-state index contributed by atoms with van der Waals surface area (Å²) in [5.74, 6) is -4.06. The molecule has 232 valence electrons. The van der Waals surface area contributed by atoms with Gasteiger partial charge in [0, 0.05) is 28.2 Å². The van der Waals surface area contributed by atoms with Gasteiger partial charge in [0.1, 0.15) is 5.82 Å². The van der Waals surface area contributed by atoms with Crippen molar-refractivity contribution in [2.24, 2.45) is 5.92 Å². The molecule has 0 bridgehead atoms. The maximum absolute atomic E-state index is 15.4. The monoisotopic (exact) mass is 642 g/mol. The molecule has 1 aliphatic carbocycles. The first-order chi connectivity index (χ1) is 21.4. The minimum absolute atomic E-state index is 0.0473. The number of benzene rings is 4. The number of ketones is 2. The van der Waals surface area contributed by atoms with Crippen LogP contribution in [0.15, 0.2) is 97.1 Å². The van der Waals surface area contributed by atoms with Crippen molar-refractivity contribution in [3.05, 3.63) is 130 Å². The third kappa shape index (κ3) is 6.57. The van der Waals surface area contributed by atoms with E-state index in [-0.39, 0.29) is 28.1 Å². The van der Waals surface area contributed by atoms with Crippen LogP contribution >= 0.6 is 11.6 Å². The highest BCUT2D eigenvalue weighted by Crippen LogP contribution is 2.40. The van der Waals surface area contributed by atoms with Crippen molar-refractivity contribution in [2.75, 3.05) is 0 Å². The molecule has 0 spiro atoms. The average Bonchev–Trinajstić information content (AvgIpc) is 3.03. The molecule has 0 saturated heterocycles. The van der Waals surface area contributed by atoms with Gasteiger partial charge in [-0.25, -0.2) is 9.18 Å². The summed E-state index contributed by atoms with van der Waals surface area (Å²) in [6, 6.07) is 28.7. The summed E-state index contributed by atoms with van der Waals surface area (Å²) in [5, 5.41) is 12.5. The summed E-state index contributed by atoms with van der Waals surface area (Å²) in [5.41, 5.74) is -1.07. The van der Waals surface area contributed by atoms with E-state index in [0.717, 1.165) is 12.1 Å². The number of carboxylic acids is 1. The Morgan fingerprint density at radius 2 is 1.33 bits per heavy atom. The zero-order valence-electron chi connectivity index (χ0n) is 25.6. The second-order valence-corrected chi connectivity index (χ2v) is 17.3. The first-order valence-electron chi connectivity index (χ1n) is 15.1. The quantitative estimate of drug-likeness (QED) is 0.149. The predicted octanol–water partition coefficient (Wildman–Crippen LogP) is 7.73. The largest absolute Gasteiger partial charge is 0.478 e. The minimum Gasteiger partial charge on any atom is -0.478 e. The van der Waals surface area contributed by atoms with Gasteiger partial charge in [-0.2, -0.15) is 0 Å². The zero-order chi connectivity index (χ0) is 32.4. The number of hydrogen-bond donors (Lipinski definition) is 1. The van der Waals surface area contributed by atoms with Crippen molar-refractivity contribution in [2.45, 2.75) is 57.6 Å². The molecule has 4 aromatic carbocycles. The molecule has 5 nitrogen and oxygen atoms in total. The summed E-state index contributed by atoms with van der Waals surface area (Å²) in [4.78, 5) is 38.8. The lowest BCUT2D eigenvalue weighted by Crippen LogP contribution is -2.67. The predicted molar refractivity (Wildman–Crippen MR) is 177 cm³/mol. The van der Waals surface area contributed by atoms with Crippen LogP contribution in [0.4, 0.5) is 4.39 Å². The highest BCUT2D eigenvalue weighted by molar-refractivity contribution is 6.99. The number of carbonyl (C=O) groups is 3. The molecule has 0 radical (unpaired) electrons. The third-order valence-electron chi connectivity index (χ3n) is 8.74. The van der Waals surface area contributed by atoms with Gasteiger partial charge in [-0.3, -0.25) is 9.59 Å². The Labute approximate surface area is 269 Å². The molecule has 5 rings (SSSR count). The second kappa shape index (κ2) is 13.2. The molecule has 0 heterocycles. The number of halogens is 2. The van der Waals surface area contributed by atoms with Gasteiger partial charge in [-0.05, 0) is 77.5 Å². The smallest absolute Gasteiger partial charge is 0.336 e. The van der Waals surface area contributed by atoms with Gasteiger partial charge in [0.05, 0.1) is 11.1 Å². The molecular formula is C37H36ClFO5Si. The van der Waals surface area contributed by atoms with Crippen molar-refractivity contribution in [3.63, 3.8) is 0 Å². The molecule has 0 aliphatic heterocycles. The zero-order valence-corrected chi connectivity index (χ0v) is 27.3. The topological polar surface area (TPSA) is 80.7 Å². The first-order valence-corrected chi connectivity index (χ1v) is 17.4. The number of Topliss-reactive ketones (excluding diaryl/α,β-unsaturated/α-hetero) is 1. The molecule has 45 heavy (non-hydrogen) atoms. The van der Waals surface area contributed by atoms with Crippen molar-refractivity contribution in [1.29, 1.82) is 0 Å². The van der Waals surface area contributed by atoms with E-state index in [4.69, 9.17) is 16.0 Å². The van der Waals surface area contributed by atoms with Crippen molar-refractivity contribution in [1.82, 2.24) is 0 Å². The van der Waals surface area contributed by atoms with Crippen LogP contribution in [-0.4, -0.2) is 37.1 Å². The summed E-state index contributed by atoms with van der Waals surface area (Å²) < 4.78 is 22.7. The number of rotatable bonds is 9. The maximum Gasteiger partial charge on any atom is 0.336 e. The number of hydrogen-bond acceptors (Lipinski definition) is 4. The summed E-state index contributed by atoms with van der Waals surface area (Å²) in [6.07, 6.45) is 2.25. The van der Waals surface area contributed by atoms with Gasteiger partial charge in [0.25, 0.3) is 8.32 Å². The van der Waals surface area contributed by atoms with Gasteiger partial charge >= 0.3 is 5.97 Å². The van der Waals surface area contributed by atoms with Crippen LogP contribution < -0.4 is 10.4 Å². The van der Waals surface area contributed by atoms with Gasteiger partial charge in [-0.1, -0.05) is 93.0 Å². The van der Waals surface area contributed by atoms with E-state index in [0.29, 0.717) is 30.7 Å². The van der Waals surface area contributed by atoms with Crippen LogP contribution in [0, 0.1) is 11.7 Å². The molecule has 1 fully saturated rings. The van der Waals surface area contributed by atoms with E-state index in [1.165, 1.54) is 34.6 Å². The number of carbonyl (C=O) groups excluding carboxylic acids is 2. The lowest BCUT2D eigenvalue weighted by atomic mass is 9.82. The summed E-state index contributed by atoms with van der Waals surface area (Å²) in [6.45, 7) is 6.68. The van der Waals surface area contributed by atoms with Crippen LogP contribution in [0.25, 0.3) is 0 Å². The van der Waals surface area contributed by atoms with E-state index >= 15 is 4.39 Å². The van der Waals surface area contributed by atoms with E-state index in [1.54, 1.807) is 0 Å². The molecule has 4 aromatic rings.